The third-order valence-corrected chi connectivity index (χ3v) is 2.36. The molecule has 0 fully saturated rings. The molecule has 1 rings (SSSR count). The van der Waals surface area contributed by atoms with Crippen LogP contribution in [0, 0.1) is 0 Å². The fourth-order valence-electron chi connectivity index (χ4n) is 1.41. The fraction of sp³-hybridized carbons (Fsp3) is 0.417. The fourth-order valence-corrected chi connectivity index (χ4v) is 1.41. The average molecular weight is 254 g/mol. The molecule has 0 saturated heterocycles. The van der Waals surface area contributed by atoms with Gasteiger partial charge in [-0.05, 0) is 17.7 Å². The molecule has 0 heterocycles. The molecule has 18 heavy (non-hydrogen) atoms. The molecule has 0 bridgehead atoms. The Bertz CT molecular complexity index is 367. The van der Waals surface area contributed by atoms with Crippen LogP contribution in [0.1, 0.15) is 11.7 Å². The number of carbonyl (C=O) groups excluding carboxylic acids is 1. The number of benzene rings is 1. The second kappa shape index (κ2) is 7.52. The number of aliphatic hydroxyl groups is 1. The zero-order valence-electron chi connectivity index (χ0n) is 10.3. The minimum Gasteiger partial charge on any atom is -0.497 e. The second-order valence-corrected chi connectivity index (χ2v) is 3.66. The second-order valence-electron chi connectivity index (χ2n) is 3.66. The van der Waals surface area contributed by atoms with Crippen LogP contribution in [0.2, 0.25) is 0 Å². The third kappa shape index (κ3) is 5.03. The molecule has 1 atom stereocenters. The molecule has 1 aromatic carbocycles. The Labute approximate surface area is 106 Å². The summed E-state index contributed by atoms with van der Waals surface area (Å²) in [5.74, 6) is 0.744. The van der Waals surface area contributed by atoms with Crippen molar-refractivity contribution in [3.63, 3.8) is 0 Å². The van der Waals surface area contributed by atoms with Gasteiger partial charge >= 0.3 is 6.09 Å². The highest BCUT2D eigenvalue weighted by Gasteiger charge is 2.06. The molecule has 0 aliphatic carbocycles. The van der Waals surface area contributed by atoms with Crippen LogP contribution in [-0.2, 0) is 4.74 Å². The van der Waals surface area contributed by atoms with Gasteiger partial charge in [0.25, 0.3) is 0 Å². The van der Waals surface area contributed by atoms with Crippen molar-refractivity contribution in [3.8, 4) is 5.75 Å². The molecule has 6 nitrogen and oxygen atoms in total. The van der Waals surface area contributed by atoms with E-state index in [4.69, 9.17) is 10.5 Å². The maximum Gasteiger partial charge on any atom is 0.404 e. The number of carbonyl (C=O) groups is 1. The zero-order chi connectivity index (χ0) is 13.4. The van der Waals surface area contributed by atoms with E-state index >= 15 is 0 Å². The predicted molar refractivity (Wildman–Crippen MR) is 66.4 cm³/mol. The van der Waals surface area contributed by atoms with Crippen molar-refractivity contribution in [3.05, 3.63) is 29.8 Å². The molecular formula is C12H18N2O4. The van der Waals surface area contributed by atoms with Gasteiger partial charge in [0.05, 0.1) is 13.2 Å². The Balaban J connectivity index is 2.27. The Kier molecular flexibility index (Phi) is 5.96. The van der Waals surface area contributed by atoms with E-state index in [1.54, 1.807) is 31.4 Å². The number of rotatable bonds is 7. The summed E-state index contributed by atoms with van der Waals surface area (Å²) in [5, 5.41) is 12.8. The van der Waals surface area contributed by atoms with E-state index in [1.165, 1.54) is 0 Å². The van der Waals surface area contributed by atoms with Gasteiger partial charge in [0.2, 0.25) is 0 Å². The lowest BCUT2D eigenvalue weighted by molar-refractivity contribution is 0.149. The Morgan fingerprint density at radius 3 is 2.67 bits per heavy atom. The van der Waals surface area contributed by atoms with E-state index < -0.39 is 12.2 Å². The highest BCUT2D eigenvalue weighted by atomic mass is 16.5. The largest absolute Gasteiger partial charge is 0.497 e. The van der Waals surface area contributed by atoms with Crippen molar-refractivity contribution >= 4 is 6.09 Å². The van der Waals surface area contributed by atoms with E-state index in [2.05, 4.69) is 10.1 Å². The lowest BCUT2D eigenvalue weighted by Crippen LogP contribution is -2.27. The third-order valence-electron chi connectivity index (χ3n) is 2.36. The van der Waals surface area contributed by atoms with E-state index in [9.17, 15) is 9.90 Å². The van der Waals surface area contributed by atoms with Crippen molar-refractivity contribution in [1.82, 2.24) is 5.32 Å². The Morgan fingerprint density at radius 1 is 1.44 bits per heavy atom. The number of hydrogen-bond donors (Lipinski definition) is 3. The van der Waals surface area contributed by atoms with Gasteiger partial charge < -0.3 is 25.6 Å². The van der Waals surface area contributed by atoms with Crippen LogP contribution < -0.4 is 15.8 Å². The molecule has 0 radical (unpaired) electrons. The van der Waals surface area contributed by atoms with Crippen LogP contribution in [0.4, 0.5) is 4.79 Å². The molecule has 1 unspecified atom stereocenters. The Morgan fingerprint density at radius 2 is 2.11 bits per heavy atom. The summed E-state index contributed by atoms with van der Waals surface area (Å²) < 4.78 is 9.56. The zero-order valence-corrected chi connectivity index (χ0v) is 10.3. The summed E-state index contributed by atoms with van der Waals surface area (Å²) in [6.45, 7) is 0.995. The molecule has 6 heteroatoms. The van der Waals surface area contributed by atoms with Gasteiger partial charge in [0.15, 0.2) is 0 Å². The molecule has 4 N–H and O–H groups in total. The topological polar surface area (TPSA) is 93.8 Å². The quantitative estimate of drug-likeness (QED) is 0.613. The maximum absolute atomic E-state index is 10.3. The minimum atomic E-state index is -0.799. The van der Waals surface area contributed by atoms with Crippen molar-refractivity contribution < 1.29 is 19.4 Å². The van der Waals surface area contributed by atoms with Gasteiger partial charge in [0, 0.05) is 13.1 Å². The first-order chi connectivity index (χ1) is 8.63. The van der Waals surface area contributed by atoms with Crippen molar-refractivity contribution in [2.45, 2.75) is 6.10 Å². The number of hydrogen-bond acceptors (Lipinski definition) is 5. The first-order valence-corrected chi connectivity index (χ1v) is 5.58. The normalized spacial score (nSPS) is 11.9. The van der Waals surface area contributed by atoms with Crippen LogP contribution in [0.15, 0.2) is 24.3 Å². The van der Waals surface area contributed by atoms with Gasteiger partial charge in [-0.1, -0.05) is 12.1 Å². The van der Waals surface area contributed by atoms with Crippen LogP contribution in [-0.4, -0.2) is 38.0 Å². The van der Waals surface area contributed by atoms with Crippen molar-refractivity contribution in [2.24, 2.45) is 5.73 Å². The summed E-state index contributed by atoms with van der Waals surface area (Å²) in [6.07, 6.45) is -1.42. The van der Waals surface area contributed by atoms with Crippen LogP contribution in [0.5, 0.6) is 5.75 Å². The maximum atomic E-state index is 10.3. The molecule has 1 amide bonds. The average Bonchev–Trinajstić information content (AvgIpc) is 2.38. The first kappa shape index (κ1) is 14.3. The number of ether oxygens (including phenoxy) is 2. The molecule has 0 saturated carbocycles. The molecule has 1 aromatic rings. The monoisotopic (exact) mass is 254 g/mol. The first-order valence-electron chi connectivity index (χ1n) is 5.58. The van der Waals surface area contributed by atoms with Crippen LogP contribution >= 0.6 is 0 Å². The molecule has 0 aromatic heterocycles. The number of nitrogens with two attached hydrogens (primary N) is 1. The van der Waals surface area contributed by atoms with E-state index in [-0.39, 0.29) is 6.61 Å². The van der Waals surface area contributed by atoms with Crippen LogP contribution in [0.3, 0.4) is 0 Å². The van der Waals surface area contributed by atoms with Gasteiger partial charge in [-0.2, -0.15) is 0 Å². The summed E-state index contributed by atoms with van der Waals surface area (Å²) >= 11 is 0. The molecule has 0 aliphatic rings. The van der Waals surface area contributed by atoms with Crippen molar-refractivity contribution in [2.75, 3.05) is 26.8 Å². The number of nitrogens with one attached hydrogen (secondary N) is 1. The smallest absolute Gasteiger partial charge is 0.404 e. The summed E-state index contributed by atoms with van der Waals surface area (Å²) in [4.78, 5) is 10.3. The molecule has 0 spiro atoms. The predicted octanol–water partition coefficient (Wildman–Crippen LogP) is 0.413. The highest BCUT2D eigenvalue weighted by molar-refractivity contribution is 5.64. The van der Waals surface area contributed by atoms with Crippen LogP contribution in [0.25, 0.3) is 0 Å². The summed E-state index contributed by atoms with van der Waals surface area (Å²) in [5.41, 5.74) is 5.59. The van der Waals surface area contributed by atoms with E-state index in [1.807, 2.05) is 0 Å². The number of aliphatic hydroxyl groups excluding tert-OH is 1. The summed E-state index contributed by atoms with van der Waals surface area (Å²) in [7, 11) is 1.59. The lowest BCUT2D eigenvalue weighted by atomic mass is 10.1. The van der Waals surface area contributed by atoms with Gasteiger partial charge in [0.1, 0.15) is 12.4 Å². The van der Waals surface area contributed by atoms with Gasteiger partial charge in [-0.3, -0.25) is 0 Å². The summed E-state index contributed by atoms with van der Waals surface area (Å²) in [6, 6.07) is 7.17. The standard InChI is InChI=1S/C12H18N2O4/c1-17-10-4-2-9(3-5-10)11(15)8-14-6-7-18-12(13)16/h2-5,11,14-15H,6-8H2,1H3,(H2,13,16). The highest BCUT2D eigenvalue weighted by Crippen LogP contribution is 2.16. The Hall–Kier alpha value is -1.79. The van der Waals surface area contributed by atoms with Gasteiger partial charge in [-0.25, -0.2) is 4.79 Å². The molecule has 0 aliphatic heterocycles. The van der Waals surface area contributed by atoms with Gasteiger partial charge in [-0.15, -0.1) is 0 Å². The molecular weight excluding hydrogens is 236 g/mol. The lowest BCUT2D eigenvalue weighted by Gasteiger charge is -2.12. The SMILES string of the molecule is COc1ccc(C(O)CNCCOC(N)=O)cc1. The number of methoxy groups -OCH3 is 1. The van der Waals surface area contributed by atoms with E-state index in [0.717, 1.165) is 11.3 Å². The number of amides is 1. The minimum absolute atomic E-state index is 0.185. The number of primary amides is 1. The molecule has 100 valence electrons. The van der Waals surface area contributed by atoms with Crippen molar-refractivity contribution in [1.29, 1.82) is 0 Å². The van der Waals surface area contributed by atoms with E-state index in [0.29, 0.717) is 13.1 Å².